The molecule has 2 unspecified atom stereocenters. The van der Waals surface area contributed by atoms with E-state index in [1.807, 2.05) is 6.07 Å². The van der Waals surface area contributed by atoms with E-state index in [0.717, 1.165) is 0 Å². The molecule has 0 radical (unpaired) electrons. The number of hydrogen-bond acceptors (Lipinski definition) is 3. The number of halogens is 1. The topological polar surface area (TPSA) is 51.2 Å². The van der Waals surface area contributed by atoms with E-state index in [4.69, 9.17) is 0 Å². The molecular formula is C22H23FO3. The lowest BCUT2D eigenvalue weighted by molar-refractivity contribution is -0.135. The Bertz CT molecular complexity index is 779. The number of ketones is 3. The largest absolute Gasteiger partial charge is 0.299 e. The Balaban J connectivity index is 2.58. The summed E-state index contributed by atoms with van der Waals surface area (Å²) in [7, 11) is 0. The Kier molecular flexibility index (Phi) is 6.56. The fourth-order valence-corrected chi connectivity index (χ4v) is 3.04. The van der Waals surface area contributed by atoms with Crippen LogP contribution in [0.5, 0.6) is 0 Å². The number of Topliss-reactive ketones (excluding diaryl/α,β-unsaturated/α-hetero) is 3. The first-order chi connectivity index (χ1) is 12.4. The second-order valence-electron chi connectivity index (χ2n) is 6.61. The average Bonchev–Trinajstić information content (AvgIpc) is 2.65. The molecule has 0 spiro atoms. The molecule has 0 aliphatic carbocycles. The maximum absolute atomic E-state index is 13.2. The molecule has 0 aromatic heterocycles. The summed E-state index contributed by atoms with van der Waals surface area (Å²) >= 11 is 0. The molecule has 2 atom stereocenters. The van der Waals surface area contributed by atoms with E-state index in [0.29, 0.717) is 5.56 Å². The summed E-state index contributed by atoms with van der Waals surface area (Å²) in [5, 5.41) is 0. The lowest BCUT2D eigenvalue weighted by Crippen LogP contribution is -2.36. The van der Waals surface area contributed by atoms with Crippen LogP contribution < -0.4 is 0 Å². The van der Waals surface area contributed by atoms with Crippen LogP contribution in [0.4, 0.5) is 4.39 Å². The lowest BCUT2D eigenvalue weighted by atomic mass is 9.73. The van der Waals surface area contributed by atoms with E-state index < -0.39 is 17.7 Å². The molecule has 0 amide bonds. The van der Waals surface area contributed by atoms with Crippen LogP contribution in [0.25, 0.3) is 0 Å². The van der Waals surface area contributed by atoms with Gasteiger partial charge in [0.15, 0.2) is 5.78 Å². The van der Waals surface area contributed by atoms with Crippen molar-refractivity contribution in [3.63, 3.8) is 0 Å². The second kappa shape index (κ2) is 8.65. The lowest BCUT2D eigenvalue weighted by Gasteiger charge is -2.26. The van der Waals surface area contributed by atoms with Crippen LogP contribution in [0.2, 0.25) is 0 Å². The van der Waals surface area contributed by atoms with E-state index >= 15 is 0 Å². The molecule has 0 saturated carbocycles. The third-order valence-electron chi connectivity index (χ3n) is 4.47. The number of carbonyl (C=O) groups excluding carboxylic acids is 3. The quantitative estimate of drug-likeness (QED) is 0.514. The highest BCUT2D eigenvalue weighted by atomic mass is 19.1. The van der Waals surface area contributed by atoms with E-state index in [-0.39, 0.29) is 35.3 Å². The first-order valence-electron chi connectivity index (χ1n) is 8.78. The van der Waals surface area contributed by atoms with Crippen LogP contribution in [-0.2, 0) is 9.59 Å². The zero-order valence-corrected chi connectivity index (χ0v) is 15.2. The predicted molar refractivity (Wildman–Crippen MR) is 98.5 cm³/mol. The maximum Gasteiger partial charge on any atom is 0.171 e. The first-order valence-corrected chi connectivity index (χ1v) is 8.78. The van der Waals surface area contributed by atoms with E-state index in [9.17, 15) is 18.8 Å². The zero-order valence-electron chi connectivity index (χ0n) is 15.2. The number of rotatable bonds is 8. The van der Waals surface area contributed by atoms with Gasteiger partial charge in [-0.05, 0) is 29.8 Å². The summed E-state index contributed by atoms with van der Waals surface area (Å²) in [5.41, 5.74) is 0.897. The Morgan fingerprint density at radius 2 is 1.50 bits per heavy atom. The van der Waals surface area contributed by atoms with Crippen LogP contribution in [0.15, 0.2) is 54.6 Å². The van der Waals surface area contributed by atoms with Crippen molar-refractivity contribution in [3.8, 4) is 0 Å². The Morgan fingerprint density at radius 1 is 0.923 bits per heavy atom. The molecule has 26 heavy (non-hydrogen) atoms. The molecule has 0 aliphatic rings. The molecule has 2 aromatic rings. The minimum atomic E-state index is -1.04. The number of benzene rings is 2. The van der Waals surface area contributed by atoms with Crippen molar-refractivity contribution in [2.45, 2.75) is 33.1 Å². The summed E-state index contributed by atoms with van der Waals surface area (Å²) in [4.78, 5) is 38.7. The molecular weight excluding hydrogens is 331 g/mol. The molecule has 0 heterocycles. The highest BCUT2D eigenvalue weighted by molar-refractivity contribution is 6.12. The molecule has 0 saturated heterocycles. The van der Waals surface area contributed by atoms with Gasteiger partial charge in [-0.15, -0.1) is 0 Å². The van der Waals surface area contributed by atoms with Gasteiger partial charge in [-0.1, -0.05) is 51.1 Å². The van der Waals surface area contributed by atoms with Crippen molar-refractivity contribution >= 4 is 17.3 Å². The van der Waals surface area contributed by atoms with Gasteiger partial charge < -0.3 is 0 Å². The Labute approximate surface area is 153 Å². The van der Waals surface area contributed by atoms with Crippen LogP contribution >= 0.6 is 0 Å². The summed E-state index contributed by atoms with van der Waals surface area (Å²) in [6.07, 6.45) is 0.170. The number of hydrogen-bond donors (Lipinski definition) is 0. The van der Waals surface area contributed by atoms with E-state index in [1.165, 1.54) is 24.3 Å². The van der Waals surface area contributed by atoms with Gasteiger partial charge in [-0.2, -0.15) is 0 Å². The summed E-state index contributed by atoms with van der Waals surface area (Å²) < 4.78 is 13.2. The van der Waals surface area contributed by atoms with Crippen molar-refractivity contribution in [1.82, 2.24) is 0 Å². The molecule has 3 nitrogen and oxygen atoms in total. The van der Waals surface area contributed by atoms with Gasteiger partial charge in [0, 0.05) is 17.9 Å². The SMILES string of the molecule is CCC(=O)C(C(=O)C(C)C)C(C(=O)c1ccc(F)cc1)c1ccccc1. The van der Waals surface area contributed by atoms with Crippen molar-refractivity contribution in [1.29, 1.82) is 0 Å². The van der Waals surface area contributed by atoms with Gasteiger partial charge >= 0.3 is 0 Å². The molecule has 0 N–H and O–H groups in total. The van der Waals surface area contributed by atoms with Crippen molar-refractivity contribution in [2.24, 2.45) is 11.8 Å². The zero-order chi connectivity index (χ0) is 19.3. The summed E-state index contributed by atoms with van der Waals surface area (Å²) in [6, 6.07) is 14.0. The van der Waals surface area contributed by atoms with Crippen molar-refractivity contribution in [3.05, 3.63) is 71.5 Å². The molecule has 0 fully saturated rings. The van der Waals surface area contributed by atoms with Crippen LogP contribution in [0, 0.1) is 17.7 Å². The minimum Gasteiger partial charge on any atom is -0.299 e. The smallest absolute Gasteiger partial charge is 0.171 e. The summed E-state index contributed by atoms with van der Waals surface area (Å²) in [5.74, 6) is -3.63. The standard InChI is InChI=1S/C22H23FO3/c1-4-18(24)20(21(25)14(2)3)19(15-8-6-5-7-9-15)22(26)16-10-12-17(23)13-11-16/h5-14,19-20H,4H2,1-3H3. The third-order valence-corrected chi connectivity index (χ3v) is 4.47. The summed E-state index contributed by atoms with van der Waals surface area (Å²) in [6.45, 7) is 5.14. The normalized spacial score (nSPS) is 13.3. The molecule has 2 rings (SSSR count). The maximum atomic E-state index is 13.2. The van der Waals surface area contributed by atoms with Gasteiger partial charge in [0.1, 0.15) is 17.4 Å². The molecule has 136 valence electrons. The van der Waals surface area contributed by atoms with Gasteiger partial charge in [0.2, 0.25) is 0 Å². The van der Waals surface area contributed by atoms with E-state index in [1.54, 1.807) is 45.0 Å². The molecule has 0 aliphatic heterocycles. The van der Waals surface area contributed by atoms with E-state index in [2.05, 4.69) is 0 Å². The molecule has 0 bridgehead atoms. The Hall–Kier alpha value is -2.62. The van der Waals surface area contributed by atoms with Gasteiger partial charge in [-0.25, -0.2) is 4.39 Å². The van der Waals surface area contributed by atoms with Crippen LogP contribution in [0.1, 0.15) is 49.0 Å². The van der Waals surface area contributed by atoms with Crippen LogP contribution in [-0.4, -0.2) is 17.3 Å². The van der Waals surface area contributed by atoms with Crippen LogP contribution in [0.3, 0.4) is 0 Å². The minimum absolute atomic E-state index is 0.170. The number of carbonyl (C=O) groups is 3. The molecule has 4 heteroatoms. The van der Waals surface area contributed by atoms with Crippen molar-refractivity contribution in [2.75, 3.05) is 0 Å². The highest BCUT2D eigenvalue weighted by Crippen LogP contribution is 2.32. The van der Waals surface area contributed by atoms with Gasteiger partial charge in [0.25, 0.3) is 0 Å². The highest BCUT2D eigenvalue weighted by Gasteiger charge is 2.40. The van der Waals surface area contributed by atoms with Gasteiger partial charge in [0.05, 0.1) is 11.8 Å². The fraction of sp³-hybridized carbons (Fsp3) is 0.318. The van der Waals surface area contributed by atoms with Crippen molar-refractivity contribution < 1.29 is 18.8 Å². The Morgan fingerprint density at radius 3 is 2.00 bits per heavy atom. The second-order valence-corrected chi connectivity index (χ2v) is 6.61. The van der Waals surface area contributed by atoms with Gasteiger partial charge in [-0.3, -0.25) is 14.4 Å². The predicted octanol–water partition coefficient (Wildman–Crippen LogP) is 4.61. The monoisotopic (exact) mass is 354 g/mol. The fourth-order valence-electron chi connectivity index (χ4n) is 3.04. The molecule has 2 aromatic carbocycles. The average molecular weight is 354 g/mol. The third kappa shape index (κ3) is 4.31. The first kappa shape index (κ1) is 19.7.